The van der Waals surface area contributed by atoms with Gasteiger partial charge in [0.2, 0.25) is 5.91 Å². The van der Waals surface area contributed by atoms with Gasteiger partial charge in [-0.05, 0) is 12.0 Å². The van der Waals surface area contributed by atoms with E-state index in [0.29, 0.717) is 13.2 Å². The van der Waals surface area contributed by atoms with Crippen molar-refractivity contribution >= 4 is 17.5 Å². The van der Waals surface area contributed by atoms with E-state index in [1.165, 1.54) is 5.57 Å². The Morgan fingerprint density at radius 3 is 3.00 bits per heavy atom. The van der Waals surface area contributed by atoms with Crippen LogP contribution in [0.5, 0.6) is 0 Å². The topological polar surface area (TPSA) is 29.5 Å². The lowest BCUT2D eigenvalue weighted by Gasteiger charge is -2.25. The van der Waals surface area contributed by atoms with Crippen LogP contribution in [0.25, 0.3) is 0 Å². The Bertz CT molecular complexity index is 216. The number of rotatable bonds is 3. The first-order valence-corrected chi connectivity index (χ1v) is 4.82. The molecule has 0 aromatic heterocycles. The molecular weight excluding hydrogens is 190 g/mol. The van der Waals surface area contributed by atoms with E-state index in [1.807, 2.05) is 6.08 Å². The van der Waals surface area contributed by atoms with Gasteiger partial charge >= 0.3 is 0 Å². The summed E-state index contributed by atoms with van der Waals surface area (Å²) in [6.07, 6.45) is 2.94. The molecule has 0 fully saturated rings. The molecule has 0 aromatic carbocycles. The summed E-state index contributed by atoms with van der Waals surface area (Å²) in [5, 5.41) is 0. The highest BCUT2D eigenvalue weighted by Gasteiger charge is 2.15. The van der Waals surface area contributed by atoms with Gasteiger partial charge < -0.3 is 9.64 Å². The van der Waals surface area contributed by atoms with E-state index in [1.54, 1.807) is 12.0 Å². The molecule has 0 spiro atoms. The quantitative estimate of drug-likeness (QED) is 0.507. The van der Waals surface area contributed by atoms with E-state index in [4.69, 9.17) is 16.3 Å². The molecule has 1 amide bonds. The molecule has 1 aliphatic rings. The van der Waals surface area contributed by atoms with E-state index in [9.17, 15) is 4.79 Å². The summed E-state index contributed by atoms with van der Waals surface area (Å²) in [4.78, 5) is 12.9. The van der Waals surface area contributed by atoms with E-state index in [0.717, 1.165) is 13.0 Å². The van der Waals surface area contributed by atoms with E-state index >= 15 is 0 Å². The van der Waals surface area contributed by atoms with Crippen molar-refractivity contribution in [1.29, 1.82) is 0 Å². The van der Waals surface area contributed by atoms with Gasteiger partial charge in [-0.25, -0.2) is 0 Å². The van der Waals surface area contributed by atoms with Crippen molar-refractivity contribution in [1.82, 2.24) is 4.90 Å². The van der Waals surface area contributed by atoms with E-state index < -0.39 is 0 Å². The number of carbonyl (C=O) groups is 1. The molecule has 3 nitrogen and oxygen atoms in total. The predicted octanol–water partition coefficient (Wildman–Crippen LogP) is 1.03. The van der Waals surface area contributed by atoms with E-state index in [-0.39, 0.29) is 11.8 Å². The molecule has 0 bridgehead atoms. The second kappa shape index (κ2) is 5.25. The Kier molecular flexibility index (Phi) is 4.25. The maximum atomic E-state index is 11.2. The summed E-state index contributed by atoms with van der Waals surface area (Å²) in [5.41, 5.74) is 1.26. The fraction of sp³-hybridized carbons (Fsp3) is 0.667. The fourth-order valence-corrected chi connectivity index (χ4v) is 1.51. The number of hydrogen-bond acceptors (Lipinski definition) is 2. The van der Waals surface area contributed by atoms with Gasteiger partial charge in [-0.3, -0.25) is 4.79 Å². The molecule has 0 saturated heterocycles. The Balaban J connectivity index is 2.41. The molecule has 0 saturated carbocycles. The second-order valence-electron chi connectivity index (χ2n) is 3.02. The van der Waals surface area contributed by atoms with Crippen LogP contribution in [-0.4, -0.2) is 43.5 Å². The van der Waals surface area contributed by atoms with Gasteiger partial charge in [-0.15, -0.1) is 11.6 Å². The zero-order valence-corrected chi connectivity index (χ0v) is 8.51. The number of halogens is 1. The SMILES string of the molecule is COCC1=CCN(C(=O)CCl)CC1. The summed E-state index contributed by atoms with van der Waals surface area (Å²) in [6.45, 7) is 2.11. The van der Waals surface area contributed by atoms with Gasteiger partial charge in [-0.2, -0.15) is 0 Å². The smallest absolute Gasteiger partial charge is 0.237 e. The highest BCUT2D eigenvalue weighted by Crippen LogP contribution is 2.11. The molecule has 74 valence electrons. The van der Waals surface area contributed by atoms with Gasteiger partial charge in [0.1, 0.15) is 5.88 Å². The Labute approximate surface area is 83.3 Å². The zero-order valence-electron chi connectivity index (χ0n) is 7.75. The van der Waals surface area contributed by atoms with Crippen molar-refractivity contribution in [2.24, 2.45) is 0 Å². The first-order chi connectivity index (χ1) is 6.27. The van der Waals surface area contributed by atoms with Crippen LogP contribution in [0, 0.1) is 0 Å². The lowest BCUT2D eigenvalue weighted by Crippen LogP contribution is -2.36. The molecule has 0 unspecified atom stereocenters. The van der Waals surface area contributed by atoms with E-state index in [2.05, 4.69) is 0 Å². The standard InChI is InChI=1S/C9H14ClNO2/c1-13-7-8-2-4-11(5-3-8)9(12)6-10/h2H,3-7H2,1H3. The highest BCUT2D eigenvalue weighted by molar-refractivity contribution is 6.27. The number of carbonyl (C=O) groups excluding carboxylic acids is 1. The summed E-state index contributed by atoms with van der Waals surface area (Å²) in [5.74, 6) is 0.0855. The van der Waals surface area contributed by atoms with Crippen LogP contribution in [0.4, 0.5) is 0 Å². The van der Waals surface area contributed by atoms with Crippen LogP contribution in [0.1, 0.15) is 6.42 Å². The van der Waals surface area contributed by atoms with Gasteiger partial charge in [0.05, 0.1) is 6.61 Å². The molecular formula is C9H14ClNO2. The molecule has 4 heteroatoms. The van der Waals surface area contributed by atoms with Crippen molar-refractivity contribution in [2.75, 3.05) is 32.7 Å². The lowest BCUT2D eigenvalue weighted by atomic mass is 10.1. The summed E-state index contributed by atoms with van der Waals surface area (Å²) < 4.78 is 5.01. The first-order valence-electron chi connectivity index (χ1n) is 4.28. The fourth-order valence-electron chi connectivity index (χ4n) is 1.34. The molecule has 13 heavy (non-hydrogen) atoms. The third-order valence-electron chi connectivity index (χ3n) is 2.10. The van der Waals surface area contributed by atoms with Crippen molar-refractivity contribution in [3.8, 4) is 0 Å². The molecule has 0 aromatic rings. The molecule has 0 atom stereocenters. The van der Waals surface area contributed by atoms with Crippen LogP contribution in [0.3, 0.4) is 0 Å². The van der Waals surface area contributed by atoms with Crippen LogP contribution >= 0.6 is 11.6 Å². The third kappa shape index (κ3) is 3.01. The second-order valence-corrected chi connectivity index (χ2v) is 3.29. The van der Waals surface area contributed by atoms with Crippen molar-refractivity contribution in [3.63, 3.8) is 0 Å². The Hall–Kier alpha value is -0.540. The summed E-state index contributed by atoms with van der Waals surface area (Å²) in [6, 6.07) is 0. The van der Waals surface area contributed by atoms with Crippen LogP contribution in [-0.2, 0) is 9.53 Å². The number of hydrogen-bond donors (Lipinski definition) is 0. The van der Waals surface area contributed by atoms with Crippen LogP contribution in [0.15, 0.2) is 11.6 Å². The highest BCUT2D eigenvalue weighted by atomic mass is 35.5. The zero-order chi connectivity index (χ0) is 9.68. The van der Waals surface area contributed by atoms with Crippen molar-refractivity contribution in [3.05, 3.63) is 11.6 Å². The normalized spacial score (nSPS) is 17.1. The summed E-state index contributed by atoms with van der Waals surface area (Å²) in [7, 11) is 1.68. The molecule has 1 aliphatic heterocycles. The number of nitrogens with zero attached hydrogens (tertiary/aromatic N) is 1. The van der Waals surface area contributed by atoms with Crippen LogP contribution in [0.2, 0.25) is 0 Å². The van der Waals surface area contributed by atoms with Gasteiger partial charge in [0.15, 0.2) is 0 Å². The van der Waals surface area contributed by atoms with Gasteiger partial charge in [0.25, 0.3) is 0 Å². The predicted molar refractivity (Wildman–Crippen MR) is 51.9 cm³/mol. The maximum absolute atomic E-state index is 11.2. The van der Waals surface area contributed by atoms with Gasteiger partial charge in [0, 0.05) is 20.2 Å². The minimum absolute atomic E-state index is 0.00869. The molecule has 0 aliphatic carbocycles. The average molecular weight is 204 g/mol. The van der Waals surface area contributed by atoms with Gasteiger partial charge in [-0.1, -0.05) is 6.08 Å². The van der Waals surface area contributed by atoms with Crippen molar-refractivity contribution in [2.45, 2.75) is 6.42 Å². The monoisotopic (exact) mass is 203 g/mol. The Morgan fingerprint density at radius 2 is 2.54 bits per heavy atom. The minimum atomic E-state index is 0.00869. The molecule has 1 rings (SSSR count). The Morgan fingerprint density at radius 1 is 1.77 bits per heavy atom. The average Bonchev–Trinajstić information content (AvgIpc) is 2.18. The molecule has 0 radical (unpaired) electrons. The number of ether oxygens (including phenoxy) is 1. The third-order valence-corrected chi connectivity index (χ3v) is 2.33. The number of amides is 1. The number of alkyl halides is 1. The molecule has 0 N–H and O–H groups in total. The lowest BCUT2D eigenvalue weighted by molar-refractivity contribution is -0.128. The van der Waals surface area contributed by atoms with Crippen molar-refractivity contribution < 1.29 is 9.53 Å². The number of methoxy groups -OCH3 is 1. The molecule has 1 heterocycles. The summed E-state index contributed by atoms with van der Waals surface area (Å²) >= 11 is 5.45. The maximum Gasteiger partial charge on any atom is 0.237 e. The minimum Gasteiger partial charge on any atom is -0.380 e. The largest absolute Gasteiger partial charge is 0.380 e. The van der Waals surface area contributed by atoms with Crippen LogP contribution < -0.4 is 0 Å². The first kappa shape index (κ1) is 10.5.